The first kappa shape index (κ1) is 14.0. The lowest BCUT2D eigenvalue weighted by Crippen LogP contribution is -2.14. The van der Waals surface area contributed by atoms with Crippen LogP contribution < -0.4 is 15.8 Å². The molecule has 5 heteroatoms. The highest BCUT2D eigenvalue weighted by molar-refractivity contribution is 5.73. The molecule has 0 unspecified atom stereocenters. The summed E-state index contributed by atoms with van der Waals surface area (Å²) in [5, 5.41) is 3.25. The van der Waals surface area contributed by atoms with Crippen molar-refractivity contribution < 1.29 is 13.9 Å². The third kappa shape index (κ3) is 4.35. The first-order chi connectivity index (χ1) is 9.63. The van der Waals surface area contributed by atoms with Crippen LogP contribution in [0, 0.1) is 6.92 Å². The van der Waals surface area contributed by atoms with Crippen LogP contribution in [0.25, 0.3) is 0 Å². The molecule has 5 nitrogen and oxygen atoms in total. The van der Waals surface area contributed by atoms with Gasteiger partial charge < -0.3 is 20.2 Å². The molecule has 0 aliphatic rings. The molecule has 1 aromatic heterocycles. The third-order valence-electron chi connectivity index (χ3n) is 2.73. The highest BCUT2D eigenvalue weighted by Gasteiger charge is 2.00. The van der Waals surface area contributed by atoms with Gasteiger partial charge in [-0.25, -0.2) is 0 Å². The van der Waals surface area contributed by atoms with E-state index in [1.807, 2.05) is 43.3 Å². The number of rotatable bonds is 7. The Hall–Kier alpha value is -2.43. The summed E-state index contributed by atoms with van der Waals surface area (Å²) in [4.78, 5) is 10.6. The Bertz CT molecular complexity index is 561. The number of aryl methyl sites for hydroxylation is 1. The molecule has 0 aliphatic carbocycles. The van der Waals surface area contributed by atoms with Gasteiger partial charge in [-0.15, -0.1) is 0 Å². The van der Waals surface area contributed by atoms with E-state index in [9.17, 15) is 4.79 Å². The van der Waals surface area contributed by atoms with Crippen molar-refractivity contribution in [1.29, 1.82) is 0 Å². The van der Waals surface area contributed by atoms with E-state index in [1.165, 1.54) is 0 Å². The Labute approximate surface area is 117 Å². The zero-order valence-corrected chi connectivity index (χ0v) is 11.4. The molecule has 3 N–H and O–H groups in total. The van der Waals surface area contributed by atoms with E-state index in [0.29, 0.717) is 18.9 Å². The van der Waals surface area contributed by atoms with Crippen LogP contribution in [0.15, 0.2) is 40.8 Å². The van der Waals surface area contributed by atoms with Gasteiger partial charge in [-0.1, -0.05) is 0 Å². The second-order valence-corrected chi connectivity index (χ2v) is 4.46. The molecular formula is C15H18N2O3. The predicted octanol–water partition coefficient (Wildman–Crippen LogP) is 2.45. The molecule has 1 heterocycles. The Morgan fingerprint density at radius 2 is 2.00 bits per heavy atom. The summed E-state index contributed by atoms with van der Waals surface area (Å²) in [6.07, 6.45) is 0.220. The molecule has 0 saturated heterocycles. The first-order valence-corrected chi connectivity index (χ1v) is 6.44. The first-order valence-electron chi connectivity index (χ1n) is 6.44. The van der Waals surface area contributed by atoms with E-state index in [-0.39, 0.29) is 12.3 Å². The molecule has 1 amide bonds. The van der Waals surface area contributed by atoms with Gasteiger partial charge in [0.1, 0.15) is 17.3 Å². The zero-order chi connectivity index (χ0) is 14.4. The van der Waals surface area contributed by atoms with Crippen molar-refractivity contribution in [2.45, 2.75) is 19.9 Å². The molecule has 0 radical (unpaired) electrons. The minimum Gasteiger partial charge on any atom is -0.493 e. The van der Waals surface area contributed by atoms with E-state index in [4.69, 9.17) is 14.9 Å². The SMILES string of the molecule is Cc1ccc(CNc2ccc(OCCC(N)=O)cc2)o1. The Morgan fingerprint density at radius 3 is 2.60 bits per heavy atom. The second kappa shape index (κ2) is 6.65. The molecule has 0 spiro atoms. The number of ether oxygens (including phenoxy) is 1. The van der Waals surface area contributed by atoms with E-state index in [2.05, 4.69) is 5.32 Å². The highest BCUT2D eigenvalue weighted by Crippen LogP contribution is 2.17. The Balaban J connectivity index is 1.80. The van der Waals surface area contributed by atoms with E-state index in [1.54, 1.807) is 0 Å². The maximum absolute atomic E-state index is 10.6. The Morgan fingerprint density at radius 1 is 1.25 bits per heavy atom. The van der Waals surface area contributed by atoms with E-state index >= 15 is 0 Å². The average molecular weight is 274 g/mol. The van der Waals surface area contributed by atoms with Crippen LogP contribution in [0.1, 0.15) is 17.9 Å². The maximum atomic E-state index is 10.6. The van der Waals surface area contributed by atoms with E-state index < -0.39 is 0 Å². The lowest BCUT2D eigenvalue weighted by Gasteiger charge is -2.07. The van der Waals surface area contributed by atoms with Gasteiger partial charge in [0.15, 0.2) is 0 Å². The fraction of sp³-hybridized carbons (Fsp3) is 0.267. The summed E-state index contributed by atoms with van der Waals surface area (Å²) in [5.74, 6) is 2.15. The molecule has 2 aromatic rings. The number of amides is 1. The van der Waals surface area contributed by atoms with Crippen molar-refractivity contribution in [3.05, 3.63) is 47.9 Å². The number of anilines is 1. The lowest BCUT2D eigenvalue weighted by molar-refractivity contribution is -0.118. The maximum Gasteiger partial charge on any atom is 0.220 e. The standard InChI is InChI=1S/C15H18N2O3/c1-11-2-5-14(20-11)10-17-12-3-6-13(7-4-12)19-9-8-15(16)18/h2-7,17H,8-10H2,1H3,(H2,16,18). The van der Waals surface area contributed by atoms with Crippen molar-refractivity contribution >= 4 is 11.6 Å². The monoisotopic (exact) mass is 274 g/mol. The quantitative estimate of drug-likeness (QED) is 0.813. The number of hydrogen-bond donors (Lipinski definition) is 2. The number of hydrogen-bond acceptors (Lipinski definition) is 4. The topological polar surface area (TPSA) is 77.5 Å². The van der Waals surface area contributed by atoms with Gasteiger partial charge in [0.25, 0.3) is 0 Å². The van der Waals surface area contributed by atoms with Crippen molar-refractivity contribution in [3.63, 3.8) is 0 Å². The summed E-state index contributed by atoms with van der Waals surface area (Å²) in [7, 11) is 0. The molecule has 0 fully saturated rings. The van der Waals surface area contributed by atoms with Crippen LogP contribution in [0.5, 0.6) is 5.75 Å². The van der Waals surface area contributed by atoms with Crippen LogP contribution in [0.3, 0.4) is 0 Å². The Kier molecular flexibility index (Phi) is 4.65. The molecule has 106 valence electrons. The van der Waals surface area contributed by atoms with E-state index in [0.717, 1.165) is 17.2 Å². The molecule has 20 heavy (non-hydrogen) atoms. The molecule has 0 atom stereocenters. The summed E-state index contributed by atoms with van der Waals surface area (Å²) < 4.78 is 10.9. The largest absolute Gasteiger partial charge is 0.493 e. The van der Waals surface area contributed by atoms with Crippen LogP contribution in [-0.2, 0) is 11.3 Å². The van der Waals surface area contributed by atoms with Gasteiger partial charge in [-0.3, -0.25) is 4.79 Å². The molecule has 0 aliphatic heterocycles. The predicted molar refractivity (Wildman–Crippen MR) is 76.5 cm³/mol. The number of nitrogens with two attached hydrogens (primary N) is 1. The summed E-state index contributed by atoms with van der Waals surface area (Å²) in [5.41, 5.74) is 6.01. The number of furan rings is 1. The second-order valence-electron chi connectivity index (χ2n) is 4.46. The van der Waals surface area contributed by atoms with Gasteiger partial charge in [0.2, 0.25) is 5.91 Å². The number of carbonyl (C=O) groups is 1. The number of nitrogens with one attached hydrogen (secondary N) is 1. The minimum absolute atomic E-state index is 0.220. The van der Waals surface area contributed by atoms with Crippen molar-refractivity contribution in [3.8, 4) is 5.75 Å². The lowest BCUT2D eigenvalue weighted by atomic mass is 10.3. The summed E-state index contributed by atoms with van der Waals surface area (Å²) in [6, 6.07) is 11.4. The smallest absolute Gasteiger partial charge is 0.220 e. The summed E-state index contributed by atoms with van der Waals surface area (Å²) >= 11 is 0. The van der Waals surface area contributed by atoms with Crippen LogP contribution in [-0.4, -0.2) is 12.5 Å². The van der Waals surface area contributed by atoms with Gasteiger partial charge in [0.05, 0.1) is 19.6 Å². The van der Waals surface area contributed by atoms with Crippen LogP contribution in [0.4, 0.5) is 5.69 Å². The normalized spacial score (nSPS) is 10.2. The molecule has 0 bridgehead atoms. The van der Waals surface area contributed by atoms with Crippen molar-refractivity contribution in [2.75, 3.05) is 11.9 Å². The average Bonchev–Trinajstić information content (AvgIpc) is 2.83. The zero-order valence-electron chi connectivity index (χ0n) is 11.4. The van der Waals surface area contributed by atoms with Crippen LogP contribution >= 0.6 is 0 Å². The number of primary amides is 1. The van der Waals surface area contributed by atoms with Gasteiger partial charge in [-0.05, 0) is 43.3 Å². The number of benzene rings is 1. The van der Waals surface area contributed by atoms with Gasteiger partial charge >= 0.3 is 0 Å². The molecule has 1 aromatic carbocycles. The molecular weight excluding hydrogens is 256 g/mol. The molecule has 2 rings (SSSR count). The van der Waals surface area contributed by atoms with Gasteiger partial charge in [0, 0.05) is 5.69 Å². The van der Waals surface area contributed by atoms with Gasteiger partial charge in [-0.2, -0.15) is 0 Å². The van der Waals surface area contributed by atoms with Crippen molar-refractivity contribution in [2.24, 2.45) is 5.73 Å². The summed E-state index contributed by atoms with van der Waals surface area (Å²) in [6.45, 7) is 2.85. The fourth-order valence-corrected chi connectivity index (χ4v) is 1.71. The molecule has 0 saturated carbocycles. The fourth-order valence-electron chi connectivity index (χ4n) is 1.71. The third-order valence-corrected chi connectivity index (χ3v) is 2.73. The minimum atomic E-state index is -0.364. The number of carbonyl (C=O) groups excluding carboxylic acids is 1. The highest BCUT2D eigenvalue weighted by atomic mass is 16.5. The van der Waals surface area contributed by atoms with Crippen molar-refractivity contribution in [1.82, 2.24) is 0 Å². The van der Waals surface area contributed by atoms with Crippen LogP contribution in [0.2, 0.25) is 0 Å².